The third kappa shape index (κ3) is 2.46. The zero-order valence-corrected chi connectivity index (χ0v) is 13.9. The number of aromatic amines is 1. The number of aromatic nitrogens is 5. The van der Waals surface area contributed by atoms with Gasteiger partial charge < -0.3 is 4.90 Å². The van der Waals surface area contributed by atoms with E-state index in [0.29, 0.717) is 11.2 Å². The van der Waals surface area contributed by atoms with Gasteiger partial charge in [0.1, 0.15) is 0 Å². The van der Waals surface area contributed by atoms with Gasteiger partial charge in [-0.05, 0) is 38.8 Å². The molecule has 1 N–H and O–H groups in total. The quantitative estimate of drug-likeness (QED) is 0.800. The van der Waals surface area contributed by atoms with Crippen molar-refractivity contribution < 1.29 is 4.79 Å². The third-order valence-corrected chi connectivity index (χ3v) is 4.66. The zero-order valence-electron chi connectivity index (χ0n) is 13.9. The van der Waals surface area contributed by atoms with Gasteiger partial charge in [0.05, 0.1) is 23.5 Å². The highest BCUT2D eigenvalue weighted by Crippen LogP contribution is 2.26. The Kier molecular flexibility index (Phi) is 3.55. The minimum atomic E-state index is 0.0599. The van der Waals surface area contributed by atoms with E-state index in [0.717, 1.165) is 42.7 Å². The highest BCUT2D eigenvalue weighted by atomic mass is 16.2. The van der Waals surface area contributed by atoms with Crippen molar-refractivity contribution in [3.05, 3.63) is 41.5 Å². The van der Waals surface area contributed by atoms with Crippen LogP contribution in [0.25, 0.3) is 11.0 Å². The van der Waals surface area contributed by atoms with Crippen LogP contribution in [0.1, 0.15) is 34.6 Å². The van der Waals surface area contributed by atoms with Crippen LogP contribution < -0.4 is 0 Å². The van der Waals surface area contributed by atoms with Crippen molar-refractivity contribution in [2.45, 2.75) is 39.3 Å². The Morgan fingerprint density at radius 2 is 2.29 bits per heavy atom. The van der Waals surface area contributed by atoms with E-state index in [-0.39, 0.29) is 11.9 Å². The average molecular weight is 324 g/mol. The lowest BCUT2D eigenvalue weighted by molar-refractivity contribution is 0.0723. The molecule has 24 heavy (non-hydrogen) atoms. The number of carbonyl (C=O) groups excluding carboxylic acids is 1. The lowest BCUT2D eigenvalue weighted by Gasteiger charge is -2.25. The smallest absolute Gasteiger partial charge is 0.255 e. The normalized spacial score (nSPS) is 17.8. The van der Waals surface area contributed by atoms with Gasteiger partial charge in [-0.15, -0.1) is 0 Å². The molecular weight excluding hydrogens is 304 g/mol. The summed E-state index contributed by atoms with van der Waals surface area (Å²) in [5, 5.41) is 12.2. The van der Waals surface area contributed by atoms with E-state index >= 15 is 0 Å². The van der Waals surface area contributed by atoms with Crippen LogP contribution >= 0.6 is 0 Å². The van der Waals surface area contributed by atoms with Gasteiger partial charge in [-0.2, -0.15) is 10.2 Å². The molecule has 1 fully saturated rings. The average Bonchev–Trinajstić information content (AvgIpc) is 3.29. The molecular formula is C17H20N6O. The number of rotatable bonds is 3. The predicted octanol–water partition coefficient (Wildman–Crippen LogP) is 2.08. The van der Waals surface area contributed by atoms with Crippen LogP contribution in [0.2, 0.25) is 0 Å². The minimum Gasteiger partial charge on any atom is -0.334 e. The van der Waals surface area contributed by atoms with E-state index in [1.165, 1.54) is 0 Å². The maximum Gasteiger partial charge on any atom is 0.255 e. The maximum absolute atomic E-state index is 13.2. The van der Waals surface area contributed by atoms with Gasteiger partial charge >= 0.3 is 0 Å². The van der Waals surface area contributed by atoms with Crippen LogP contribution in [-0.2, 0) is 6.54 Å². The third-order valence-electron chi connectivity index (χ3n) is 4.66. The van der Waals surface area contributed by atoms with Gasteiger partial charge in [0.15, 0.2) is 5.65 Å². The van der Waals surface area contributed by atoms with Crippen LogP contribution in [0.3, 0.4) is 0 Å². The number of likely N-dealkylation sites (tertiary alicyclic amines) is 1. The summed E-state index contributed by atoms with van der Waals surface area (Å²) in [5.74, 6) is 0.0599. The molecule has 1 saturated heterocycles. The molecule has 1 atom stereocenters. The number of hydrogen-bond acceptors (Lipinski definition) is 4. The van der Waals surface area contributed by atoms with Crippen molar-refractivity contribution in [3.8, 4) is 0 Å². The number of nitrogens with zero attached hydrogens (tertiary/aromatic N) is 5. The van der Waals surface area contributed by atoms with Crippen molar-refractivity contribution in [1.82, 2.24) is 29.9 Å². The molecule has 3 aromatic heterocycles. The van der Waals surface area contributed by atoms with Gasteiger partial charge in [-0.1, -0.05) is 0 Å². The number of H-pyrrole nitrogens is 1. The Hall–Kier alpha value is -2.70. The second kappa shape index (κ2) is 5.74. The summed E-state index contributed by atoms with van der Waals surface area (Å²) < 4.78 is 1.90. The molecule has 4 rings (SSSR count). The number of hydrogen-bond donors (Lipinski definition) is 1. The lowest BCUT2D eigenvalue weighted by atomic mass is 10.1. The first kappa shape index (κ1) is 14.9. The number of pyridine rings is 1. The summed E-state index contributed by atoms with van der Waals surface area (Å²) in [6.45, 7) is 5.33. The standard InChI is InChI=1S/C17H20N6O/c1-11-9-14(15-12(2)20-21-16(15)19-11)17(24)23-8-3-5-13(23)10-22-7-4-6-18-22/h4,6-7,9,13H,3,5,8,10H2,1-2H3,(H,19,20,21). The number of carbonyl (C=O) groups is 1. The van der Waals surface area contributed by atoms with Crippen LogP contribution in [0, 0.1) is 13.8 Å². The summed E-state index contributed by atoms with van der Waals surface area (Å²) in [6.07, 6.45) is 5.74. The summed E-state index contributed by atoms with van der Waals surface area (Å²) in [5.41, 5.74) is 2.98. The van der Waals surface area contributed by atoms with Crippen molar-refractivity contribution >= 4 is 16.9 Å². The minimum absolute atomic E-state index is 0.0599. The molecule has 7 heteroatoms. The molecule has 0 radical (unpaired) electrons. The first-order valence-electron chi connectivity index (χ1n) is 8.24. The summed E-state index contributed by atoms with van der Waals surface area (Å²) in [6, 6.07) is 3.95. The highest BCUT2D eigenvalue weighted by molar-refractivity contribution is 6.06. The van der Waals surface area contributed by atoms with E-state index in [1.54, 1.807) is 6.20 Å². The molecule has 3 aromatic rings. The number of fused-ring (bicyclic) bond motifs is 1. The van der Waals surface area contributed by atoms with E-state index in [4.69, 9.17) is 0 Å². The fourth-order valence-corrected chi connectivity index (χ4v) is 3.54. The molecule has 0 bridgehead atoms. The van der Waals surface area contributed by atoms with Gasteiger partial charge in [0, 0.05) is 30.3 Å². The molecule has 1 aliphatic rings. The molecule has 124 valence electrons. The first-order valence-corrected chi connectivity index (χ1v) is 8.24. The van der Waals surface area contributed by atoms with E-state index in [9.17, 15) is 4.79 Å². The molecule has 0 spiro atoms. The highest BCUT2D eigenvalue weighted by Gasteiger charge is 2.31. The van der Waals surface area contributed by atoms with Gasteiger partial charge in [-0.3, -0.25) is 14.6 Å². The van der Waals surface area contributed by atoms with E-state index in [2.05, 4.69) is 20.3 Å². The summed E-state index contributed by atoms with van der Waals surface area (Å²) in [4.78, 5) is 19.6. The maximum atomic E-state index is 13.2. The van der Waals surface area contributed by atoms with Crippen LogP contribution in [-0.4, -0.2) is 48.4 Å². The van der Waals surface area contributed by atoms with Gasteiger partial charge in [0.25, 0.3) is 5.91 Å². The van der Waals surface area contributed by atoms with Gasteiger partial charge in [-0.25, -0.2) is 4.98 Å². The molecule has 1 aliphatic heterocycles. The van der Waals surface area contributed by atoms with Crippen LogP contribution in [0.4, 0.5) is 0 Å². The monoisotopic (exact) mass is 324 g/mol. The summed E-state index contributed by atoms with van der Waals surface area (Å²) in [7, 11) is 0. The molecule has 7 nitrogen and oxygen atoms in total. The fraction of sp³-hybridized carbons (Fsp3) is 0.412. The Bertz CT molecular complexity index is 882. The number of aryl methyl sites for hydroxylation is 2. The Labute approximate surface area is 139 Å². The van der Waals surface area contributed by atoms with E-state index in [1.807, 2.05) is 41.8 Å². The Balaban J connectivity index is 1.69. The molecule has 1 unspecified atom stereocenters. The molecule has 0 saturated carbocycles. The fourth-order valence-electron chi connectivity index (χ4n) is 3.54. The Morgan fingerprint density at radius 1 is 1.42 bits per heavy atom. The van der Waals surface area contributed by atoms with Crippen molar-refractivity contribution in [2.24, 2.45) is 0 Å². The molecule has 4 heterocycles. The van der Waals surface area contributed by atoms with Crippen molar-refractivity contribution in [2.75, 3.05) is 6.54 Å². The molecule has 0 aromatic carbocycles. The second-order valence-corrected chi connectivity index (χ2v) is 6.38. The number of amides is 1. The first-order chi connectivity index (χ1) is 11.6. The Morgan fingerprint density at radius 3 is 3.08 bits per heavy atom. The molecule has 0 aliphatic carbocycles. The van der Waals surface area contributed by atoms with Crippen LogP contribution in [0.5, 0.6) is 0 Å². The van der Waals surface area contributed by atoms with Crippen LogP contribution in [0.15, 0.2) is 24.5 Å². The predicted molar refractivity (Wildman–Crippen MR) is 89.6 cm³/mol. The topological polar surface area (TPSA) is 79.7 Å². The zero-order chi connectivity index (χ0) is 16.7. The molecule has 1 amide bonds. The van der Waals surface area contributed by atoms with Crippen molar-refractivity contribution in [1.29, 1.82) is 0 Å². The number of nitrogens with one attached hydrogen (secondary N) is 1. The SMILES string of the molecule is Cc1cc(C(=O)N2CCCC2Cn2cccn2)c2c(C)[nH]nc2n1. The largest absolute Gasteiger partial charge is 0.334 e. The lowest BCUT2D eigenvalue weighted by Crippen LogP contribution is -2.38. The summed E-state index contributed by atoms with van der Waals surface area (Å²) >= 11 is 0. The van der Waals surface area contributed by atoms with E-state index < -0.39 is 0 Å². The van der Waals surface area contributed by atoms with Gasteiger partial charge in [0.2, 0.25) is 0 Å². The second-order valence-electron chi connectivity index (χ2n) is 6.38. The van der Waals surface area contributed by atoms with Crippen molar-refractivity contribution in [3.63, 3.8) is 0 Å².